The smallest absolute Gasteiger partial charge is 0.410 e. The second-order valence-corrected chi connectivity index (χ2v) is 5.45. The molecule has 0 bridgehead atoms. The summed E-state index contributed by atoms with van der Waals surface area (Å²) in [5.41, 5.74) is -0.655. The van der Waals surface area contributed by atoms with Gasteiger partial charge in [-0.05, 0) is 27.2 Å². The Labute approximate surface area is 105 Å². The highest BCUT2D eigenvalue weighted by Crippen LogP contribution is 2.25. The zero-order chi connectivity index (χ0) is 14.0. The molecule has 0 atom stereocenters. The molecule has 1 aliphatic heterocycles. The third-order valence-corrected chi connectivity index (χ3v) is 2.59. The van der Waals surface area contributed by atoms with Crippen molar-refractivity contribution in [3.8, 4) is 0 Å². The van der Waals surface area contributed by atoms with Crippen molar-refractivity contribution < 1.29 is 23.1 Å². The Hall–Kier alpha value is -1.20. The topological polar surface area (TPSA) is 46.6 Å². The van der Waals surface area contributed by atoms with E-state index >= 15 is 0 Å². The van der Waals surface area contributed by atoms with Gasteiger partial charge in [0.15, 0.2) is 0 Å². The standard InChI is InChI=1S/C12H19F2NO3/c1-11(2,3)18-10(17)15-7-4-5-9(16)12(13,14)6-8-15/h4-8H2,1-3H3. The van der Waals surface area contributed by atoms with Gasteiger partial charge in [0, 0.05) is 25.9 Å². The Morgan fingerprint density at radius 3 is 2.50 bits per heavy atom. The van der Waals surface area contributed by atoms with E-state index in [1.807, 2.05) is 0 Å². The molecular weight excluding hydrogens is 244 g/mol. The van der Waals surface area contributed by atoms with E-state index in [4.69, 9.17) is 4.74 Å². The predicted molar refractivity (Wildman–Crippen MR) is 61.6 cm³/mol. The van der Waals surface area contributed by atoms with Gasteiger partial charge in [0.05, 0.1) is 0 Å². The summed E-state index contributed by atoms with van der Waals surface area (Å²) in [6, 6.07) is 0. The molecule has 0 spiro atoms. The van der Waals surface area contributed by atoms with E-state index in [9.17, 15) is 18.4 Å². The molecule has 1 heterocycles. The first-order chi connectivity index (χ1) is 8.12. The summed E-state index contributed by atoms with van der Waals surface area (Å²) in [6.45, 7) is 5.26. The van der Waals surface area contributed by atoms with Gasteiger partial charge in [0.1, 0.15) is 5.60 Å². The van der Waals surface area contributed by atoms with Crippen molar-refractivity contribution >= 4 is 11.9 Å². The molecule has 1 fully saturated rings. The van der Waals surface area contributed by atoms with Gasteiger partial charge in [-0.2, -0.15) is 8.78 Å². The molecule has 0 saturated carbocycles. The maximum Gasteiger partial charge on any atom is 0.410 e. The molecule has 0 aliphatic carbocycles. The summed E-state index contributed by atoms with van der Waals surface area (Å²) in [4.78, 5) is 24.1. The van der Waals surface area contributed by atoms with Crippen LogP contribution in [0.3, 0.4) is 0 Å². The van der Waals surface area contributed by atoms with Gasteiger partial charge in [-0.15, -0.1) is 0 Å². The van der Waals surface area contributed by atoms with Crippen LogP contribution < -0.4 is 0 Å². The highest BCUT2D eigenvalue weighted by molar-refractivity contribution is 5.85. The Kier molecular flexibility index (Phi) is 4.29. The van der Waals surface area contributed by atoms with Crippen LogP contribution in [0.1, 0.15) is 40.0 Å². The average molecular weight is 263 g/mol. The first kappa shape index (κ1) is 14.9. The largest absolute Gasteiger partial charge is 0.444 e. The van der Waals surface area contributed by atoms with E-state index in [1.165, 1.54) is 4.90 Å². The lowest BCUT2D eigenvalue weighted by molar-refractivity contribution is -0.145. The predicted octanol–water partition coefficient (Wildman–Crippen LogP) is 2.61. The lowest BCUT2D eigenvalue weighted by atomic mass is 10.0. The highest BCUT2D eigenvalue weighted by atomic mass is 19.3. The van der Waals surface area contributed by atoms with E-state index < -0.39 is 29.8 Å². The van der Waals surface area contributed by atoms with E-state index in [0.29, 0.717) is 0 Å². The molecule has 4 nitrogen and oxygen atoms in total. The maximum atomic E-state index is 13.3. The van der Waals surface area contributed by atoms with E-state index in [2.05, 4.69) is 0 Å². The van der Waals surface area contributed by atoms with Gasteiger partial charge >= 0.3 is 12.0 Å². The number of halogens is 2. The molecule has 0 aromatic heterocycles. The molecule has 0 N–H and O–H groups in total. The maximum absolute atomic E-state index is 13.3. The summed E-state index contributed by atoms with van der Waals surface area (Å²) >= 11 is 0. The molecule has 1 saturated heterocycles. The molecule has 1 aliphatic rings. The number of carbonyl (C=O) groups excluding carboxylic acids is 2. The Morgan fingerprint density at radius 2 is 1.94 bits per heavy atom. The Morgan fingerprint density at radius 1 is 1.33 bits per heavy atom. The third-order valence-electron chi connectivity index (χ3n) is 2.59. The number of carbonyl (C=O) groups is 2. The van der Waals surface area contributed by atoms with Crippen LogP contribution in [-0.4, -0.2) is 41.4 Å². The van der Waals surface area contributed by atoms with Crippen LogP contribution in [0.4, 0.5) is 13.6 Å². The van der Waals surface area contributed by atoms with Crippen molar-refractivity contribution in [2.45, 2.75) is 51.6 Å². The first-order valence-corrected chi connectivity index (χ1v) is 6.01. The summed E-state index contributed by atoms with van der Waals surface area (Å²) < 4.78 is 31.7. The van der Waals surface area contributed by atoms with Crippen molar-refractivity contribution in [1.82, 2.24) is 4.90 Å². The third kappa shape index (κ3) is 4.23. The van der Waals surface area contributed by atoms with Crippen molar-refractivity contribution in [1.29, 1.82) is 0 Å². The first-order valence-electron chi connectivity index (χ1n) is 6.01. The number of alkyl halides is 2. The van der Waals surface area contributed by atoms with Gasteiger partial charge in [0.25, 0.3) is 0 Å². The second kappa shape index (κ2) is 5.20. The summed E-state index contributed by atoms with van der Waals surface area (Å²) in [5, 5.41) is 0. The van der Waals surface area contributed by atoms with Gasteiger partial charge < -0.3 is 9.64 Å². The van der Waals surface area contributed by atoms with Crippen LogP contribution in [0, 0.1) is 0 Å². The number of rotatable bonds is 0. The number of nitrogens with zero attached hydrogens (tertiary/aromatic N) is 1. The molecule has 18 heavy (non-hydrogen) atoms. The number of ether oxygens (including phenoxy) is 1. The molecule has 0 unspecified atom stereocenters. The van der Waals surface area contributed by atoms with Gasteiger partial charge in [-0.3, -0.25) is 4.79 Å². The van der Waals surface area contributed by atoms with Crippen LogP contribution in [-0.2, 0) is 9.53 Å². The number of amides is 1. The van der Waals surface area contributed by atoms with Crippen LogP contribution in [0.25, 0.3) is 0 Å². The summed E-state index contributed by atoms with van der Waals surface area (Å²) in [6.07, 6.45) is -1.20. The van der Waals surface area contributed by atoms with E-state index in [1.54, 1.807) is 20.8 Å². The molecule has 104 valence electrons. The van der Waals surface area contributed by atoms with E-state index in [-0.39, 0.29) is 25.9 Å². The molecule has 0 aromatic carbocycles. The fourth-order valence-corrected chi connectivity index (χ4v) is 1.65. The number of likely N-dealkylation sites (tertiary alicyclic amines) is 1. The quantitative estimate of drug-likeness (QED) is 0.675. The van der Waals surface area contributed by atoms with Gasteiger partial charge in [-0.1, -0.05) is 0 Å². The monoisotopic (exact) mass is 263 g/mol. The second-order valence-electron chi connectivity index (χ2n) is 5.45. The lowest BCUT2D eigenvalue weighted by Gasteiger charge is -2.30. The highest BCUT2D eigenvalue weighted by Gasteiger charge is 2.40. The van der Waals surface area contributed by atoms with Crippen molar-refractivity contribution in [2.24, 2.45) is 0 Å². The van der Waals surface area contributed by atoms with Crippen LogP contribution in [0.5, 0.6) is 0 Å². The minimum absolute atomic E-state index is 0.159. The fraction of sp³-hybridized carbons (Fsp3) is 0.833. The zero-order valence-electron chi connectivity index (χ0n) is 11.0. The van der Waals surface area contributed by atoms with Crippen molar-refractivity contribution in [3.05, 3.63) is 0 Å². The van der Waals surface area contributed by atoms with Gasteiger partial charge in [0.2, 0.25) is 5.78 Å². The number of Topliss-reactive ketones (excluding diaryl/α,β-unsaturated/α-hetero) is 1. The molecule has 1 amide bonds. The minimum Gasteiger partial charge on any atom is -0.444 e. The normalized spacial score (nSPS) is 21.2. The fourth-order valence-electron chi connectivity index (χ4n) is 1.65. The van der Waals surface area contributed by atoms with Crippen molar-refractivity contribution in [2.75, 3.05) is 13.1 Å². The van der Waals surface area contributed by atoms with Gasteiger partial charge in [-0.25, -0.2) is 4.79 Å². The summed E-state index contributed by atoms with van der Waals surface area (Å²) in [7, 11) is 0. The molecule has 6 heteroatoms. The average Bonchev–Trinajstić information content (AvgIpc) is 2.18. The van der Waals surface area contributed by atoms with Crippen molar-refractivity contribution in [3.63, 3.8) is 0 Å². The van der Waals surface area contributed by atoms with Crippen LogP contribution in [0.15, 0.2) is 0 Å². The lowest BCUT2D eigenvalue weighted by Crippen LogP contribution is -2.43. The molecule has 0 radical (unpaired) electrons. The Balaban J connectivity index is 2.63. The number of hydrogen-bond donors (Lipinski definition) is 0. The van der Waals surface area contributed by atoms with Crippen LogP contribution >= 0.6 is 0 Å². The van der Waals surface area contributed by atoms with E-state index in [0.717, 1.165) is 0 Å². The Bertz CT molecular complexity index is 337. The SMILES string of the molecule is CC(C)(C)OC(=O)N1CCCC(=O)C(F)(F)CC1. The number of hydrogen-bond acceptors (Lipinski definition) is 3. The molecular formula is C12H19F2NO3. The number of ketones is 1. The summed E-state index contributed by atoms with van der Waals surface area (Å²) in [5.74, 6) is -4.37. The zero-order valence-corrected chi connectivity index (χ0v) is 11.0. The van der Waals surface area contributed by atoms with Crippen LogP contribution in [0.2, 0.25) is 0 Å². The molecule has 1 rings (SSSR count). The minimum atomic E-state index is -3.33. The molecule has 0 aromatic rings.